The van der Waals surface area contributed by atoms with E-state index in [1.807, 2.05) is 31.2 Å². The first-order valence-corrected chi connectivity index (χ1v) is 6.83. The first-order chi connectivity index (χ1) is 10.1. The van der Waals surface area contributed by atoms with Gasteiger partial charge in [-0.15, -0.1) is 0 Å². The molecule has 0 atom stereocenters. The van der Waals surface area contributed by atoms with E-state index < -0.39 is 11.8 Å². The molecular formula is C16H17NO4. The molecule has 0 radical (unpaired) electrons. The Bertz CT molecular complexity index is 694. The molecule has 0 N–H and O–H groups in total. The number of Topliss-reactive ketones (excluding diaryl/α,β-unsaturated/α-hetero) is 1. The highest BCUT2D eigenvalue weighted by Crippen LogP contribution is 2.31. The van der Waals surface area contributed by atoms with Gasteiger partial charge in [0.05, 0.1) is 30.0 Å². The number of pyridine rings is 1. The van der Waals surface area contributed by atoms with Gasteiger partial charge < -0.3 is 9.47 Å². The minimum atomic E-state index is -0.890. The lowest BCUT2D eigenvalue weighted by Gasteiger charge is -2.14. The van der Waals surface area contributed by atoms with Crippen LogP contribution in [0.3, 0.4) is 0 Å². The van der Waals surface area contributed by atoms with Gasteiger partial charge in [-0.25, -0.2) is 4.79 Å². The Morgan fingerprint density at radius 2 is 1.86 bits per heavy atom. The maximum absolute atomic E-state index is 12.3. The number of carbonyl (C=O) groups is 2. The Hall–Kier alpha value is -2.43. The Morgan fingerprint density at radius 3 is 2.52 bits per heavy atom. The summed E-state index contributed by atoms with van der Waals surface area (Å²) in [5, 5.41) is 0.706. The molecule has 0 amide bonds. The number of ether oxygens (including phenoxy) is 2. The Labute approximate surface area is 122 Å². The third kappa shape index (κ3) is 2.86. The van der Waals surface area contributed by atoms with E-state index in [2.05, 4.69) is 4.98 Å². The number of ketones is 1. The van der Waals surface area contributed by atoms with Crippen LogP contribution in [0.1, 0.15) is 29.9 Å². The van der Waals surface area contributed by atoms with Crippen LogP contribution in [-0.4, -0.2) is 30.0 Å². The van der Waals surface area contributed by atoms with E-state index in [0.717, 1.165) is 5.52 Å². The van der Waals surface area contributed by atoms with E-state index in [1.165, 1.54) is 0 Å². The Morgan fingerprint density at radius 1 is 1.14 bits per heavy atom. The van der Waals surface area contributed by atoms with Gasteiger partial charge in [0.15, 0.2) is 0 Å². The zero-order valence-electron chi connectivity index (χ0n) is 12.3. The average molecular weight is 287 g/mol. The summed E-state index contributed by atoms with van der Waals surface area (Å²) in [7, 11) is 0. The van der Waals surface area contributed by atoms with Crippen LogP contribution in [0.4, 0.5) is 0 Å². The van der Waals surface area contributed by atoms with Crippen molar-refractivity contribution in [3.63, 3.8) is 0 Å². The highest BCUT2D eigenvalue weighted by atomic mass is 16.5. The lowest BCUT2D eigenvalue weighted by Crippen LogP contribution is -2.20. The van der Waals surface area contributed by atoms with E-state index in [1.54, 1.807) is 13.8 Å². The maximum atomic E-state index is 12.3. The van der Waals surface area contributed by atoms with E-state index in [-0.39, 0.29) is 12.2 Å². The second-order valence-electron chi connectivity index (χ2n) is 4.40. The zero-order valence-corrected chi connectivity index (χ0v) is 12.3. The van der Waals surface area contributed by atoms with Crippen molar-refractivity contribution in [2.75, 3.05) is 13.2 Å². The monoisotopic (exact) mass is 287 g/mol. The van der Waals surface area contributed by atoms with Crippen LogP contribution in [0, 0.1) is 6.92 Å². The van der Waals surface area contributed by atoms with Crippen molar-refractivity contribution >= 4 is 22.7 Å². The highest BCUT2D eigenvalue weighted by molar-refractivity contribution is 6.42. The van der Waals surface area contributed by atoms with E-state index in [4.69, 9.17) is 9.47 Å². The van der Waals surface area contributed by atoms with E-state index >= 15 is 0 Å². The van der Waals surface area contributed by atoms with Crippen molar-refractivity contribution in [1.82, 2.24) is 4.98 Å². The number of nitrogens with zero attached hydrogens (tertiary/aromatic N) is 1. The predicted octanol–water partition coefficient (Wildman–Crippen LogP) is 2.69. The van der Waals surface area contributed by atoms with Crippen molar-refractivity contribution in [2.24, 2.45) is 0 Å². The summed E-state index contributed by atoms with van der Waals surface area (Å²) >= 11 is 0. The minimum Gasteiger partial charge on any atom is -0.492 e. The van der Waals surface area contributed by atoms with Crippen LogP contribution in [0.5, 0.6) is 5.75 Å². The fourth-order valence-electron chi connectivity index (χ4n) is 2.16. The van der Waals surface area contributed by atoms with Gasteiger partial charge in [0, 0.05) is 5.39 Å². The molecule has 110 valence electrons. The Balaban J connectivity index is 2.66. The average Bonchev–Trinajstić information content (AvgIpc) is 2.47. The number of aryl methyl sites for hydroxylation is 1. The van der Waals surface area contributed by atoms with Crippen LogP contribution in [0.25, 0.3) is 10.9 Å². The number of benzene rings is 1. The summed E-state index contributed by atoms with van der Waals surface area (Å²) < 4.78 is 10.4. The second kappa shape index (κ2) is 6.35. The Kier molecular flexibility index (Phi) is 4.52. The predicted molar refractivity (Wildman–Crippen MR) is 78.6 cm³/mol. The standard InChI is InChI=1S/C16H17NO4/c1-4-20-15-11-8-6-7-9-12(11)17-10(3)13(15)14(18)16(19)21-5-2/h6-9H,4-5H2,1-3H3. The van der Waals surface area contributed by atoms with Gasteiger partial charge in [0.25, 0.3) is 5.78 Å². The summed E-state index contributed by atoms with van der Waals surface area (Å²) in [5.41, 5.74) is 1.35. The van der Waals surface area contributed by atoms with Crippen molar-refractivity contribution in [3.05, 3.63) is 35.5 Å². The van der Waals surface area contributed by atoms with E-state index in [9.17, 15) is 9.59 Å². The summed E-state index contributed by atoms with van der Waals surface area (Å²) in [6.07, 6.45) is 0. The molecule has 0 spiro atoms. The van der Waals surface area contributed by atoms with Gasteiger partial charge in [-0.3, -0.25) is 9.78 Å². The molecule has 1 heterocycles. The SMILES string of the molecule is CCOC(=O)C(=O)c1c(C)nc2ccccc2c1OCC. The van der Waals surface area contributed by atoms with Crippen molar-refractivity contribution in [2.45, 2.75) is 20.8 Å². The molecule has 0 aliphatic rings. The molecule has 0 fully saturated rings. The van der Waals surface area contributed by atoms with Gasteiger partial charge >= 0.3 is 5.97 Å². The fraction of sp³-hybridized carbons (Fsp3) is 0.312. The van der Waals surface area contributed by atoms with Gasteiger partial charge in [-0.2, -0.15) is 0 Å². The van der Waals surface area contributed by atoms with Crippen LogP contribution >= 0.6 is 0 Å². The molecule has 0 saturated heterocycles. The lowest BCUT2D eigenvalue weighted by molar-refractivity contribution is -0.137. The molecule has 5 nitrogen and oxygen atoms in total. The third-order valence-electron chi connectivity index (χ3n) is 3.00. The van der Waals surface area contributed by atoms with Crippen LogP contribution in [-0.2, 0) is 9.53 Å². The first-order valence-electron chi connectivity index (χ1n) is 6.83. The normalized spacial score (nSPS) is 10.4. The summed E-state index contributed by atoms with van der Waals surface area (Å²) in [4.78, 5) is 28.4. The van der Waals surface area contributed by atoms with Gasteiger partial charge in [0.2, 0.25) is 0 Å². The van der Waals surface area contributed by atoms with Gasteiger partial charge in [-0.1, -0.05) is 12.1 Å². The molecule has 1 aromatic heterocycles. The number of aromatic nitrogens is 1. The molecule has 21 heavy (non-hydrogen) atoms. The molecule has 2 rings (SSSR count). The lowest BCUT2D eigenvalue weighted by atomic mass is 10.0. The molecule has 0 saturated carbocycles. The van der Waals surface area contributed by atoms with Gasteiger partial charge in [-0.05, 0) is 32.9 Å². The number of hydrogen-bond acceptors (Lipinski definition) is 5. The number of carbonyl (C=O) groups excluding carboxylic acids is 2. The quantitative estimate of drug-likeness (QED) is 0.480. The molecule has 0 unspecified atom stereocenters. The number of fused-ring (bicyclic) bond motifs is 1. The van der Waals surface area contributed by atoms with Gasteiger partial charge in [0.1, 0.15) is 5.75 Å². The van der Waals surface area contributed by atoms with Crippen molar-refractivity contribution in [1.29, 1.82) is 0 Å². The van der Waals surface area contributed by atoms with Crippen LogP contribution in [0.2, 0.25) is 0 Å². The zero-order chi connectivity index (χ0) is 15.4. The molecule has 5 heteroatoms. The van der Waals surface area contributed by atoms with Crippen molar-refractivity contribution in [3.8, 4) is 5.75 Å². The molecule has 1 aromatic carbocycles. The van der Waals surface area contributed by atoms with Crippen LogP contribution in [0.15, 0.2) is 24.3 Å². The third-order valence-corrected chi connectivity index (χ3v) is 3.00. The number of esters is 1. The first kappa shape index (κ1) is 15.0. The second-order valence-corrected chi connectivity index (χ2v) is 4.40. The molecule has 0 aliphatic heterocycles. The largest absolute Gasteiger partial charge is 0.492 e. The molecule has 2 aromatic rings. The number of para-hydroxylation sites is 1. The van der Waals surface area contributed by atoms with E-state index in [0.29, 0.717) is 23.4 Å². The molecule has 0 aliphatic carbocycles. The highest BCUT2D eigenvalue weighted by Gasteiger charge is 2.26. The number of rotatable bonds is 5. The van der Waals surface area contributed by atoms with Crippen molar-refractivity contribution < 1.29 is 19.1 Å². The topological polar surface area (TPSA) is 65.5 Å². The fourth-order valence-corrected chi connectivity index (χ4v) is 2.16. The minimum absolute atomic E-state index is 0.147. The smallest absolute Gasteiger partial charge is 0.379 e. The van der Waals surface area contributed by atoms with Crippen LogP contribution < -0.4 is 4.74 Å². The maximum Gasteiger partial charge on any atom is 0.379 e. The summed E-state index contributed by atoms with van der Waals surface area (Å²) in [5.74, 6) is -1.23. The summed E-state index contributed by atoms with van der Waals surface area (Å²) in [6, 6.07) is 7.34. The molecular weight excluding hydrogens is 270 g/mol. The summed E-state index contributed by atoms with van der Waals surface area (Å²) in [6.45, 7) is 5.69. The number of hydrogen-bond donors (Lipinski definition) is 0. The molecule has 0 bridgehead atoms.